The number of rotatable bonds is 1. The second-order valence-corrected chi connectivity index (χ2v) is 1.56. The summed E-state index contributed by atoms with van der Waals surface area (Å²) in [5.74, 6) is 0. The Morgan fingerprint density at radius 1 is 1.60 bits per heavy atom. The van der Waals surface area contributed by atoms with E-state index in [0.717, 1.165) is 0 Å². The van der Waals surface area contributed by atoms with Crippen LogP contribution in [0.1, 0.15) is 13.3 Å². The predicted molar refractivity (Wildman–Crippen MR) is 20.9 cm³/mol. The van der Waals surface area contributed by atoms with Crippen LogP contribution < -0.4 is 24.0 Å². The summed E-state index contributed by atoms with van der Waals surface area (Å²) < 4.78 is 1.35. The second kappa shape index (κ2) is 9.09. The Labute approximate surface area is 63.2 Å². The molecule has 0 aliphatic carbocycles. The van der Waals surface area contributed by atoms with Gasteiger partial charge in [0.1, 0.15) is 0 Å². The summed E-state index contributed by atoms with van der Waals surface area (Å²) >= 11 is 2.02. The van der Waals surface area contributed by atoms with Crippen LogP contribution in [0.3, 0.4) is 0 Å². The molecule has 0 heterocycles. The third kappa shape index (κ3) is 10.8. The summed E-state index contributed by atoms with van der Waals surface area (Å²) in [5, 5.41) is 0. The minimum absolute atomic E-state index is 0. The first-order valence-electron chi connectivity index (χ1n) is 1.71. The molecule has 0 aliphatic rings. The third-order valence-electron chi connectivity index (χ3n) is 0.354. The molecule has 0 bridgehead atoms. The Morgan fingerprint density at radius 3 is 1.80 bits per heavy atom. The van der Waals surface area contributed by atoms with Crippen molar-refractivity contribution >= 4 is 21.7 Å². The van der Waals surface area contributed by atoms with E-state index in [9.17, 15) is 0 Å². The molecule has 0 atom stereocenters. The first-order valence-corrected chi connectivity index (χ1v) is 2.71. The third-order valence-corrected chi connectivity index (χ3v) is 1.06. The molecule has 0 amide bonds. The van der Waals surface area contributed by atoms with Gasteiger partial charge in [-0.2, -0.15) is 0 Å². The van der Waals surface area contributed by atoms with Gasteiger partial charge in [-0.05, 0) is 0 Å². The van der Waals surface area contributed by atoms with Crippen molar-refractivity contribution in [2.24, 2.45) is 0 Å². The van der Waals surface area contributed by atoms with Crippen LogP contribution in [0.4, 0.5) is 0 Å². The smallest absolute Gasteiger partial charge is 1.00 e. The van der Waals surface area contributed by atoms with E-state index in [-0.39, 0.29) is 24.0 Å². The Bertz CT molecular complexity index is 8.85. The number of halogens is 1. The molecular formula is C3H7IMg. The maximum absolute atomic E-state index is 2.19. The Hall–Kier alpha value is 1.50. The molecule has 2 heteroatoms. The monoisotopic (exact) mass is 194 g/mol. The molecule has 0 aliphatic heterocycles. The van der Waals surface area contributed by atoms with Gasteiger partial charge in [0.05, 0.1) is 0 Å². The van der Waals surface area contributed by atoms with Crippen LogP contribution in [0.15, 0.2) is 0 Å². The summed E-state index contributed by atoms with van der Waals surface area (Å²) in [4.78, 5) is 0. The first kappa shape index (κ1) is 9.71. The minimum atomic E-state index is 0. The van der Waals surface area contributed by atoms with Crippen molar-refractivity contribution in [3.8, 4) is 0 Å². The molecule has 0 radical (unpaired) electrons. The van der Waals surface area contributed by atoms with E-state index < -0.39 is 0 Å². The van der Waals surface area contributed by atoms with Crippen molar-refractivity contribution in [1.29, 1.82) is 0 Å². The fraction of sp³-hybridized carbons (Fsp3) is 1.00. The molecule has 0 spiro atoms. The fourth-order valence-corrected chi connectivity index (χ4v) is 0. The van der Waals surface area contributed by atoms with Gasteiger partial charge in [-0.15, -0.1) is 0 Å². The van der Waals surface area contributed by atoms with Crippen molar-refractivity contribution < 1.29 is 24.0 Å². The van der Waals surface area contributed by atoms with Crippen LogP contribution in [0.2, 0.25) is 4.55 Å². The van der Waals surface area contributed by atoms with Crippen LogP contribution in [-0.4, -0.2) is 21.7 Å². The summed E-state index contributed by atoms with van der Waals surface area (Å²) in [6, 6.07) is 0. The molecule has 0 saturated heterocycles. The number of hydrogen-bond donors (Lipinski definition) is 0. The SMILES string of the molecule is CC[CH2][Mg+].[I-]. The van der Waals surface area contributed by atoms with Gasteiger partial charge in [-0.3, -0.25) is 0 Å². The minimum Gasteiger partial charge on any atom is -1.00 e. The van der Waals surface area contributed by atoms with E-state index in [4.69, 9.17) is 0 Å². The van der Waals surface area contributed by atoms with E-state index in [0.29, 0.717) is 0 Å². The molecule has 0 aromatic carbocycles. The summed E-state index contributed by atoms with van der Waals surface area (Å²) in [6.45, 7) is 2.19. The summed E-state index contributed by atoms with van der Waals surface area (Å²) in [5.41, 5.74) is 0. The molecule has 0 fully saturated rings. The predicted octanol–water partition coefficient (Wildman–Crippen LogP) is -2.01. The average Bonchev–Trinajstić information content (AvgIpc) is 1.37. The van der Waals surface area contributed by atoms with Crippen LogP contribution >= 0.6 is 0 Å². The maximum atomic E-state index is 2.19. The summed E-state index contributed by atoms with van der Waals surface area (Å²) in [7, 11) is 0. The van der Waals surface area contributed by atoms with Crippen molar-refractivity contribution in [3.63, 3.8) is 0 Å². The van der Waals surface area contributed by atoms with Crippen molar-refractivity contribution in [2.45, 2.75) is 17.9 Å². The molecule has 0 N–H and O–H groups in total. The van der Waals surface area contributed by atoms with Crippen LogP contribution in [0.5, 0.6) is 0 Å². The molecule has 0 aromatic rings. The zero-order chi connectivity index (χ0) is 3.41. The maximum Gasteiger partial charge on any atom is -1.00 e. The zero-order valence-electron chi connectivity index (χ0n) is 3.50. The van der Waals surface area contributed by atoms with Crippen LogP contribution in [-0.2, 0) is 0 Å². The normalized spacial score (nSPS) is 6.20. The molecule has 28 valence electrons. The van der Waals surface area contributed by atoms with Gasteiger partial charge in [-0.25, -0.2) is 0 Å². The van der Waals surface area contributed by atoms with Gasteiger partial charge in [0.25, 0.3) is 0 Å². The van der Waals surface area contributed by atoms with E-state index in [1.54, 1.807) is 0 Å². The van der Waals surface area contributed by atoms with E-state index in [2.05, 4.69) is 6.92 Å². The van der Waals surface area contributed by atoms with Crippen LogP contribution in [0, 0.1) is 0 Å². The molecule has 0 aromatic heterocycles. The van der Waals surface area contributed by atoms with Crippen molar-refractivity contribution in [3.05, 3.63) is 0 Å². The van der Waals surface area contributed by atoms with Gasteiger partial charge in [0.15, 0.2) is 0 Å². The molecule has 0 rings (SSSR count). The molecule has 5 heavy (non-hydrogen) atoms. The first-order chi connectivity index (χ1) is 1.91. The largest absolute Gasteiger partial charge is 1.00 e. The van der Waals surface area contributed by atoms with Gasteiger partial charge in [0, 0.05) is 0 Å². The second-order valence-electron chi connectivity index (χ2n) is 0.854. The van der Waals surface area contributed by atoms with Gasteiger partial charge >= 0.3 is 39.6 Å². The van der Waals surface area contributed by atoms with E-state index >= 15 is 0 Å². The van der Waals surface area contributed by atoms with Gasteiger partial charge in [0.2, 0.25) is 0 Å². The van der Waals surface area contributed by atoms with Gasteiger partial charge in [-0.1, -0.05) is 0 Å². The molecular weight excluding hydrogens is 187 g/mol. The Morgan fingerprint density at radius 2 is 1.80 bits per heavy atom. The topological polar surface area (TPSA) is 0 Å². The van der Waals surface area contributed by atoms with E-state index in [1.165, 1.54) is 11.0 Å². The zero-order valence-corrected chi connectivity index (χ0v) is 7.07. The quantitative estimate of drug-likeness (QED) is 0.334. The Kier molecular flexibility index (Phi) is 17.6. The van der Waals surface area contributed by atoms with Crippen LogP contribution in [0.25, 0.3) is 0 Å². The molecule has 0 nitrogen and oxygen atoms in total. The standard InChI is InChI=1S/C3H7.HI.Mg/c1-3-2;;/h1,3H2,2H3;1H;/q;;+1/p-1. The Balaban J connectivity index is 0. The van der Waals surface area contributed by atoms with Gasteiger partial charge < -0.3 is 24.0 Å². The van der Waals surface area contributed by atoms with Crippen molar-refractivity contribution in [2.75, 3.05) is 0 Å². The molecule has 0 saturated carbocycles. The number of hydrogen-bond acceptors (Lipinski definition) is 0. The molecule has 0 unspecified atom stereocenters. The summed E-state index contributed by atoms with van der Waals surface area (Å²) in [6.07, 6.45) is 1.33. The van der Waals surface area contributed by atoms with E-state index in [1.807, 2.05) is 21.7 Å². The average molecular weight is 194 g/mol. The fourth-order valence-electron chi connectivity index (χ4n) is 0. The van der Waals surface area contributed by atoms with Crippen molar-refractivity contribution in [1.82, 2.24) is 0 Å².